The molecule has 0 aliphatic carbocycles. The van der Waals surface area contributed by atoms with Crippen LogP contribution in [0.15, 0.2) is 54.9 Å². The van der Waals surface area contributed by atoms with Gasteiger partial charge in [0.1, 0.15) is 5.82 Å². The molecule has 134 valence electrons. The van der Waals surface area contributed by atoms with Crippen LogP contribution in [-0.2, 0) is 7.05 Å². The highest BCUT2D eigenvalue weighted by Crippen LogP contribution is 2.24. The second-order valence-corrected chi connectivity index (χ2v) is 6.25. The van der Waals surface area contributed by atoms with Crippen LogP contribution in [0, 0.1) is 13.8 Å². The third-order valence-electron chi connectivity index (χ3n) is 4.47. The number of imidazole rings is 1. The molecule has 6 nitrogen and oxygen atoms in total. The van der Waals surface area contributed by atoms with Gasteiger partial charge in [-0.2, -0.15) is 0 Å². The van der Waals surface area contributed by atoms with Gasteiger partial charge >= 0.3 is 0 Å². The van der Waals surface area contributed by atoms with Gasteiger partial charge < -0.3 is 4.57 Å². The molecule has 0 aliphatic rings. The summed E-state index contributed by atoms with van der Waals surface area (Å²) in [6.45, 7) is -0.272. The molecule has 2 aromatic carbocycles. The molecular weight excluding hydrogens is 338 g/mol. The zero-order chi connectivity index (χ0) is 21.5. The van der Waals surface area contributed by atoms with Gasteiger partial charge in [0.2, 0.25) is 5.95 Å². The van der Waals surface area contributed by atoms with Crippen LogP contribution < -0.4 is 5.32 Å². The molecule has 0 atom stereocenters. The zero-order valence-corrected chi connectivity index (χ0v) is 14.9. The van der Waals surface area contributed by atoms with Gasteiger partial charge in [0, 0.05) is 33.9 Å². The van der Waals surface area contributed by atoms with Gasteiger partial charge in [0.05, 0.1) is 17.4 Å². The van der Waals surface area contributed by atoms with Gasteiger partial charge in [-0.1, -0.05) is 29.8 Å². The maximum atomic E-state index is 12.5. The first kappa shape index (κ1) is 13.6. The number of aromatic nitrogens is 4. The van der Waals surface area contributed by atoms with Crippen LogP contribution in [0.1, 0.15) is 25.9 Å². The van der Waals surface area contributed by atoms with Crippen LogP contribution in [0.3, 0.4) is 0 Å². The largest absolute Gasteiger partial charge is 0.331 e. The Morgan fingerprint density at radius 3 is 2.63 bits per heavy atom. The summed E-state index contributed by atoms with van der Waals surface area (Å²) in [5.74, 6) is 0.667. The Labute approximate surface area is 161 Å². The number of benzene rings is 2. The van der Waals surface area contributed by atoms with Crippen LogP contribution in [-0.4, -0.2) is 25.4 Å². The molecule has 4 rings (SSSR count). The molecular formula is C21H19N5O. The number of amides is 1. The number of hydrogen-bond acceptors (Lipinski definition) is 4. The quantitative estimate of drug-likeness (QED) is 0.601. The van der Waals surface area contributed by atoms with E-state index in [-0.39, 0.29) is 11.5 Å². The Morgan fingerprint density at radius 2 is 1.93 bits per heavy atom. The van der Waals surface area contributed by atoms with E-state index in [1.54, 1.807) is 6.20 Å². The van der Waals surface area contributed by atoms with E-state index in [1.165, 1.54) is 24.3 Å². The average Bonchev–Trinajstić information content (AvgIpc) is 3.05. The van der Waals surface area contributed by atoms with Crippen molar-refractivity contribution in [2.24, 2.45) is 7.05 Å². The van der Waals surface area contributed by atoms with Gasteiger partial charge in [-0.25, -0.2) is 15.0 Å². The third-order valence-corrected chi connectivity index (χ3v) is 4.47. The summed E-state index contributed by atoms with van der Waals surface area (Å²) in [5, 5.41) is 3.51. The Bertz CT molecular complexity index is 1250. The minimum absolute atomic E-state index is 0.172. The Hall–Kier alpha value is -3.54. The summed E-state index contributed by atoms with van der Waals surface area (Å²) in [5.41, 5.74) is 3.12. The van der Waals surface area contributed by atoms with Crippen molar-refractivity contribution >= 4 is 22.8 Å². The highest BCUT2D eigenvalue weighted by Gasteiger charge is 2.10. The van der Waals surface area contributed by atoms with Crippen molar-refractivity contribution < 1.29 is 8.91 Å². The van der Waals surface area contributed by atoms with E-state index in [1.807, 2.05) is 42.9 Å². The minimum atomic E-state index is -2.21. The molecule has 0 aliphatic heterocycles. The first-order valence-corrected chi connectivity index (χ1v) is 8.40. The second-order valence-electron chi connectivity index (χ2n) is 6.25. The number of aryl methyl sites for hydroxylation is 2. The van der Waals surface area contributed by atoms with Gasteiger partial charge in [-0.3, -0.25) is 10.1 Å². The number of hydrogen-bond donors (Lipinski definition) is 1. The number of fused-ring (bicyclic) bond motifs is 1. The summed E-state index contributed by atoms with van der Waals surface area (Å²) in [6, 6.07) is 11.6. The molecule has 1 amide bonds. The fourth-order valence-corrected chi connectivity index (χ4v) is 2.81. The third kappa shape index (κ3) is 3.29. The topological polar surface area (TPSA) is 72.7 Å². The summed E-state index contributed by atoms with van der Waals surface area (Å²) >= 11 is 0. The average molecular weight is 360 g/mol. The molecule has 0 spiro atoms. The Kier molecular flexibility index (Phi) is 3.35. The molecule has 0 fully saturated rings. The second kappa shape index (κ2) is 6.64. The van der Waals surface area contributed by atoms with Gasteiger partial charge in [-0.15, -0.1) is 0 Å². The van der Waals surface area contributed by atoms with E-state index in [2.05, 4.69) is 20.3 Å². The summed E-state index contributed by atoms with van der Waals surface area (Å²) in [7, 11) is 1.95. The molecule has 0 bridgehead atoms. The maximum absolute atomic E-state index is 12.5. The lowest BCUT2D eigenvalue weighted by Gasteiger charge is -2.07. The zero-order valence-electron chi connectivity index (χ0n) is 17.9. The van der Waals surface area contributed by atoms with Crippen molar-refractivity contribution in [3.63, 3.8) is 0 Å². The molecule has 0 saturated heterocycles. The number of rotatable bonds is 3. The minimum Gasteiger partial charge on any atom is -0.331 e. The van der Waals surface area contributed by atoms with Crippen molar-refractivity contribution in [1.29, 1.82) is 0 Å². The van der Waals surface area contributed by atoms with E-state index >= 15 is 0 Å². The van der Waals surface area contributed by atoms with Gasteiger partial charge in [-0.05, 0) is 32.0 Å². The predicted octanol–water partition coefficient (Wildman–Crippen LogP) is 3.90. The molecule has 0 saturated carbocycles. The molecule has 2 heterocycles. The van der Waals surface area contributed by atoms with Crippen LogP contribution in [0.25, 0.3) is 22.2 Å². The summed E-state index contributed by atoms with van der Waals surface area (Å²) < 4.78 is 24.2. The van der Waals surface area contributed by atoms with E-state index in [0.717, 1.165) is 22.5 Å². The predicted molar refractivity (Wildman–Crippen MR) is 106 cm³/mol. The van der Waals surface area contributed by atoms with E-state index in [0.29, 0.717) is 11.1 Å². The lowest BCUT2D eigenvalue weighted by Crippen LogP contribution is -2.14. The smallest absolute Gasteiger partial charge is 0.258 e. The summed E-state index contributed by atoms with van der Waals surface area (Å²) in [6.07, 6.45) is 3.46. The molecule has 1 N–H and O–H groups in total. The highest BCUT2D eigenvalue weighted by atomic mass is 16.1. The Morgan fingerprint density at radius 1 is 1.11 bits per heavy atom. The highest BCUT2D eigenvalue weighted by molar-refractivity contribution is 6.03. The fourth-order valence-electron chi connectivity index (χ4n) is 2.81. The van der Waals surface area contributed by atoms with Crippen LogP contribution in [0.2, 0.25) is 0 Å². The number of nitrogens with zero attached hydrogens (tertiary/aromatic N) is 4. The lowest BCUT2D eigenvalue weighted by molar-refractivity contribution is 0.102. The Balaban J connectivity index is 1.60. The molecule has 0 unspecified atom stereocenters. The van der Waals surface area contributed by atoms with E-state index in [9.17, 15) is 4.79 Å². The molecule has 4 aromatic rings. The molecule has 2 aromatic heterocycles. The normalized spacial score (nSPS) is 13.0. The van der Waals surface area contributed by atoms with Crippen molar-refractivity contribution in [2.45, 2.75) is 13.8 Å². The first-order chi connectivity index (χ1) is 14.2. The van der Waals surface area contributed by atoms with Crippen LogP contribution >= 0.6 is 0 Å². The van der Waals surface area contributed by atoms with Crippen molar-refractivity contribution in [3.05, 3.63) is 71.8 Å². The standard InChI is InChI=1S/C21H19N5O/c1-13-4-6-15(7-5-13)20(27)25-21-23-11-17-9-8-16(10-18(17)24-21)19-12-22-14(2)26(19)3/h4-12H,1-3H3,(H,23,24,25,27)/i1D3. The van der Waals surface area contributed by atoms with Gasteiger partial charge in [0.25, 0.3) is 5.91 Å². The first-order valence-electron chi connectivity index (χ1n) is 9.90. The number of carbonyl (C=O) groups is 1. The summed E-state index contributed by atoms with van der Waals surface area (Å²) in [4.78, 5) is 25.5. The SMILES string of the molecule is [2H]C([2H])([2H])c1ccc(C(=O)Nc2ncc3ccc(-c4cnc(C)n4C)cc3n2)cc1. The van der Waals surface area contributed by atoms with Crippen LogP contribution in [0.4, 0.5) is 5.95 Å². The molecule has 6 heteroatoms. The number of anilines is 1. The molecule has 27 heavy (non-hydrogen) atoms. The number of carbonyl (C=O) groups excluding carboxylic acids is 1. The lowest BCUT2D eigenvalue weighted by atomic mass is 10.1. The monoisotopic (exact) mass is 360 g/mol. The van der Waals surface area contributed by atoms with E-state index in [4.69, 9.17) is 4.11 Å². The van der Waals surface area contributed by atoms with Crippen molar-refractivity contribution in [2.75, 3.05) is 5.32 Å². The van der Waals surface area contributed by atoms with Crippen molar-refractivity contribution in [1.82, 2.24) is 19.5 Å². The maximum Gasteiger partial charge on any atom is 0.258 e. The fraction of sp³-hybridized carbons (Fsp3) is 0.143. The van der Waals surface area contributed by atoms with Crippen molar-refractivity contribution in [3.8, 4) is 11.3 Å². The van der Waals surface area contributed by atoms with Gasteiger partial charge in [0.15, 0.2) is 0 Å². The number of nitrogens with one attached hydrogen (secondary N) is 1. The van der Waals surface area contributed by atoms with Crippen LogP contribution in [0.5, 0.6) is 0 Å². The molecule has 0 radical (unpaired) electrons. The van der Waals surface area contributed by atoms with E-state index < -0.39 is 12.8 Å².